The molecule has 8 nitrogen and oxygen atoms in total. The molecule has 1 amide bonds. The Morgan fingerprint density at radius 1 is 1.12 bits per heavy atom. The van der Waals surface area contributed by atoms with Gasteiger partial charge in [-0.25, -0.2) is 9.78 Å². The number of benzene rings is 2. The Bertz CT molecular complexity index is 1410. The van der Waals surface area contributed by atoms with Crippen molar-refractivity contribution in [2.75, 3.05) is 5.73 Å². The second-order valence-corrected chi connectivity index (χ2v) is 9.34. The number of hydrogen-bond acceptors (Lipinski definition) is 5. The maximum absolute atomic E-state index is 12.6. The van der Waals surface area contributed by atoms with Crippen LogP contribution in [0.2, 0.25) is 0 Å². The fourth-order valence-electron chi connectivity index (χ4n) is 3.81. The SMILES string of the molecule is Cc1ccc(C)c(C(=O)NCc2ccc(-n3nc(C(C)(C)C)c4c(=O)[nH]nc(N)c43)cc2)c1. The zero-order valence-electron chi connectivity index (χ0n) is 19.5. The lowest BCUT2D eigenvalue weighted by atomic mass is 9.90. The van der Waals surface area contributed by atoms with Crippen LogP contribution >= 0.6 is 0 Å². The van der Waals surface area contributed by atoms with Gasteiger partial charge in [0.05, 0.1) is 16.8 Å². The van der Waals surface area contributed by atoms with Crippen molar-refractivity contribution in [3.8, 4) is 5.69 Å². The van der Waals surface area contributed by atoms with Crippen molar-refractivity contribution in [2.45, 2.75) is 46.6 Å². The van der Waals surface area contributed by atoms with Crippen LogP contribution in [0.5, 0.6) is 0 Å². The van der Waals surface area contributed by atoms with Gasteiger partial charge in [0.25, 0.3) is 11.5 Å². The minimum Gasteiger partial charge on any atom is -0.380 e. The van der Waals surface area contributed by atoms with Crippen molar-refractivity contribution in [3.05, 3.63) is 80.8 Å². The number of rotatable bonds is 4. The Balaban J connectivity index is 1.63. The first-order valence-corrected chi connectivity index (χ1v) is 10.8. The molecule has 0 aliphatic heterocycles. The summed E-state index contributed by atoms with van der Waals surface area (Å²) in [6.45, 7) is 10.3. The molecule has 0 atom stereocenters. The molecule has 0 fully saturated rings. The van der Waals surface area contributed by atoms with Crippen molar-refractivity contribution in [2.24, 2.45) is 0 Å². The number of carbonyl (C=O) groups excluding carboxylic acids is 1. The number of hydrogen-bond donors (Lipinski definition) is 3. The zero-order valence-corrected chi connectivity index (χ0v) is 19.5. The maximum Gasteiger partial charge on any atom is 0.275 e. The van der Waals surface area contributed by atoms with Gasteiger partial charge >= 0.3 is 0 Å². The van der Waals surface area contributed by atoms with E-state index in [1.807, 2.05) is 77.1 Å². The van der Waals surface area contributed by atoms with Crippen LogP contribution in [0, 0.1) is 13.8 Å². The van der Waals surface area contributed by atoms with Gasteiger partial charge in [-0.2, -0.15) is 10.2 Å². The van der Waals surface area contributed by atoms with Crippen LogP contribution in [0.25, 0.3) is 16.6 Å². The third-order valence-corrected chi connectivity index (χ3v) is 5.62. The molecule has 2 heterocycles. The van der Waals surface area contributed by atoms with E-state index in [0.717, 1.165) is 22.4 Å². The van der Waals surface area contributed by atoms with Gasteiger partial charge in [0.2, 0.25) is 0 Å². The highest BCUT2D eigenvalue weighted by molar-refractivity contribution is 5.95. The smallest absolute Gasteiger partial charge is 0.275 e. The standard InChI is InChI=1S/C25H28N6O2/c1-14-6-7-15(2)18(12-14)23(32)27-13-16-8-10-17(11-9-16)31-20-19(21(30-31)25(3,4)5)24(33)29-28-22(20)26/h6-12H,13H2,1-5H3,(H2,26,28)(H,27,32)(H,29,33). The van der Waals surface area contributed by atoms with E-state index in [1.54, 1.807) is 4.68 Å². The molecule has 4 N–H and O–H groups in total. The summed E-state index contributed by atoms with van der Waals surface area (Å²) >= 11 is 0. The lowest BCUT2D eigenvalue weighted by Gasteiger charge is -2.15. The molecule has 0 bridgehead atoms. The first-order chi connectivity index (χ1) is 15.6. The van der Waals surface area contributed by atoms with Crippen molar-refractivity contribution in [1.29, 1.82) is 0 Å². The molecule has 0 saturated heterocycles. The number of carbonyl (C=O) groups is 1. The maximum atomic E-state index is 12.6. The van der Waals surface area contributed by atoms with Gasteiger partial charge in [-0.1, -0.05) is 50.6 Å². The van der Waals surface area contributed by atoms with Crippen LogP contribution in [0.15, 0.2) is 47.3 Å². The first-order valence-electron chi connectivity index (χ1n) is 10.8. The number of H-pyrrole nitrogens is 1. The second kappa shape index (κ2) is 8.20. The van der Waals surface area contributed by atoms with E-state index in [2.05, 4.69) is 15.5 Å². The van der Waals surface area contributed by atoms with Gasteiger partial charge in [-0.05, 0) is 43.2 Å². The Morgan fingerprint density at radius 3 is 2.48 bits per heavy atom. The van der Waals surface area contributed by atoms with Gasteiger partial charge in [0.1, 0.15) is 5.52 Å². The van der Waals surface area contributed by atoms with E-state index >= 15 is 0 Å². The Kier molecular flexibility index (Phi) is 5.53. The molecule has 4 rings (SSSR count). The Labute approximate surface area is 191 Å². The van der Waals surface area contributed by atoms with E-state index in [0.29, 0.717) is 28.7 Å². The average molecular weight is 445 g/mol. The first kappa shape index (κ1) is 22.3. The summed E-state index contributed by atoms with van der Waals surface area (Å²) in [5, 5.41) is 14.5. The number of aromatic nitrogens is 4. The number of amides is 1. The van der Waals surface area contributed by atoms with Crippen molar-refractivity contribution < 1.29 is 4.79 Å². The summed E-state index contributed by atoms with van der Waals surface area (Å²) in [5.41, 5.74) is 10.9. The van der Waals surface area contributed by atoms with Crippen LogP contribution in [-0.4, -0.2) is 25.9 Å². The summed E-state index contributed by atoms with van der Waals surface area (Å²) in [4.78, 5) is 25.2. The molecule has 33 heavy (non-hydrogen) atoms. The number of aromatic amines is 1. The van der Waals surface area contributed by atoms with E-state index in [9.17, 15) is 9.59 Å². The zero-order chi connectivity index (χ0) is 23.9. The highest BCUT2D eigenvalue weighted by Crippen LogP contribution is 2.30. The van der Waals surface area contributed by atoms with Crippen LogP contribution in [0.4, 0.5) is 5.82 Å². The monoisotopic (exact) mass is 444 g/mol. The van der Waals surface area contributed by atoms with Gasteiger partial charge in [-0.15, -0.1) is 0 Å². The molecule has 0 unspecified atom stereocenters. The minimum atomic E-state index is -0.359. The van der Waals surface area contributed by atoms with Gasteiger partial charge < -0.3 is 11.1 Å². The molecule has 8 heteroatoms. The summed E-state index contributed by atoms with van der Waals surface area (Å²) in [5.74, 6) is 0.101. The number of nitrogens with zero attached hydrogens (tertiary/aromatic N) is 3. The normalized spacial score (nSPS) is 11.7. The number of nitrogen functional groups attached to an aromatic ring is 1. The quantitative estimate of drug-likeness (QED) is 0.445. The van der Waals surface area contributed by atoms with Crippen molar-refractivity contribution in [1.82, 2.24) is 25.3 Å². The largest absolute Gasteiger partial charge is 0.380 e. The average Bonchev–Trinajstić information content (AvgIpc) is 3.19. The fourth-order valence-corrected chi connectivity index (χ4v) is 3.81. The Morgan fingerprint density at radius 2 is 1.82 bits per heavy atom. The minimum absolute atomic E-state index is 0.105. The predicted molar refractivity (Wildman–Crippen MR) is 130 cm³/mol. The third-order valence-electron chi connectivity index (χ3n) is 5.62. The van der Waals surface area contributed by atoms with Crippen LogP contribution in [0.1, 0.15) is 53.5 Å². The Hall–Kier alpha value is -3.94. The highest BCUT2D eigenvalue weighted by atomic mass is 16.1. The molecular weight excluding hydrogens is 416 g/mol. The third kappa shape index (κ3) is 4.24. The lowest BCUT2D eigenvalue weighted by Crippen LogP contribution is -2.23. The van der Waals surface area contributed by atoms with Crippen molar-refractivity contribution in [3.63, 3.8) is 0 Å². The molecule has 0 radical (unpaired) electrons. The molecule has 0 spiro atoms. The molecular formula is C25H28N6O2. The fraction of sp³-hybridized carbons (Fsp3) is 0.280. The molecule has 2 aromatic carbocycles. The number of anilines is 1. The van der Waals surface area contributed by atoms with Gasteiger partial charge in [-0.3, -0.25) is 9.59 Å². The summed E-state index contributed by atoms with van der Waals surface area (Å²) in [7, 11) is 0. The summed E-state index contributed by atoms with van der Waals surface area (Å²) in [6, 6.07) is 13.4. The van der Waals surface area contributed by atoms with E-state index in [4.69, 9.17) is 10.8 Å². The number of fused-ring (bicyclic) bond motifs is 1. The number of aryl methyl sites for hydroxylation is 2. The lowest BCUT2D eigenvalue weighted by molar-refractivity contribution is 0.0950. The predicted octanol–water partition coefficient (Wildman–Crippen LogP) is 3.54. The number of nitrogens with one attached hydrogen (secondary N) is 2. The van der Waals surface area contributed by atoms with Gasteiger partial charge in [0.15, 0.2) is 5.82 Å². The second-order valence-electron chi connectivity index (χ2n) is 9.34. The summed E-state index contributed by atoms with van der Waals surface area (Å²) in [6.07, 6.45) is 0. The van der Waals surface area contributed by atoms with Gasteiger partial charge in [0, 0.05) is 17.5 Å². The topological polar surface area (TPSA) is 119 Å². The molecule has 170 valence electrons. The molecule has 4 aromatic rings. The number of nitrogens with two attached hydrogens (primary N) is 1. The van der Waals surface area contributed by atoms with Crippen LogP contribution in [0.3, 0.4) is 0 Å². The van der Waals surface area contributed by atoms with Crippen LogP contribution < -0.4 is 16.6 Å². The van der Waals surface area contributed by atoms with E-state index in [-0.39, 0.29) is 22.7 Å². The van der Waals surface area contributed by atoms with E-state index < -0.39 is 0 Å². The van der Waals surface area contributed by atoms with E-state index in [1.165, 1.54) is 0 Å². The molecule has 0 aliphatic carbocycles. The highest BCUT2D eigenvalue weighted by Gasteiger charge is 2.26. The molecule has 0 aliphatic rings. The molecule has 2 aromatic heterocycles. The summed E-state index contributed by atoms with van der Waals surface area (Å²) < 4.78 is 1.66. The molecule has 0 saturated carbocycles. The van der Waals surface area contributed by atoms with Crippen molar-refractivity contribution >= 4 is 22.6 Å². The van der Waals surface area contributed by atoms with Crippen LogP contribution in [-0.2, 0) is 12.0 Å².